The Hall–Kier alpha value is -2.21. The second-order valence-corrected chi connectivity index (χ2v) is 6.63. The maximum absolute atomic E-state index is 12.2. The Morgan fingerprint density at radius 2 is 2.00 bits per heavy atom. The Morgan fingerprint density at radius 3 is 2.67 bits per heavy atom. The highest BCUT2D eigenvalue weighted by Gasteiger charge is 2.19. The van der Waals surface area contributed by atoms with Crippen molar-refractivity contribution in [1.29, 1.82) is 0 Å². The van der Waals surface area contributed by atoms with Gasteiger partial charge in [-0.25, -0.2) is 9.78 Å². The van der Waals surface area contributed by atoms with E-state index in [9.17, 15) is 9.59 Å². The van der Waals surface area contributed by atoms with Crippen LogP contribution in [0.15, 0.2) is 30.3 Å². The normalized spacial score (nSPS) is 11.8. The number of carbonyl (C=O) groups excluding carboxylic acids is 2. The summed E-state index contributed by atoms with van der Waals surface area (Å²) in [5.74, 6) is -0.791. The van der Waals surface area contributed by atoms with E-state index in [2.05, 4.69) is 17.2 Å². The van der Waals surface area contributed by atoms with E-state index < -0.39 is 5.97 Å². The standard InChI is InChI=1S/C18H22N2O3S/c1-4-8-12(2)19-15(21)11-23-18(22)16-13(3)20-17(24-16)14-9-6-5-7-10-14/h5-7,9-10,12H,4,8,11H2,1-3H3,(H,19,21). The SMILES string of the molecule is CCCC(C)NC(=O)COC(=O)c1sc(-c2ccccc2)nc1C. The molecule has 128 valence electrons. The van der Waals surface area contributed by atoms with Crippen LogP contribution in [0.4, 0.5) is 0 Å². The largest absolute Gasteiger partial charge is 0.451 e. The maximum atomic E-state index is 12.2. The fourth-order valence-corrected chi connectivity index (χ4v) is 3.27. The zero-order valence-electron chi connectivity index (χ0n) is 14.2. The monoisotopic (exact) mass is 346 g/mol. The first-order chi connectivity index (χ1) is 11.5. The molecule has 0 fully saturated rings. The molecule has 1 aromatic heterocycles. The number of nitrogens with zero attached hydrogens (tertiary/aromatic N) is 1. The van der Waals surface area contributed by atoms with Crippen LogP contribution in [-0.4, -0.2) is 29.5 Å². The molecule has 0 spiro atoms. The summed E-state index contributed by atoms with van der Waals surface area (Å²) in [7, 11) is 0. The lowest BCUT2D eigenvalue weighted by Crippen LogP contribution is -2.35. The van der Waals surface area contributed by atoms with Crippen molar-refractivity contribution >= 4 is 23.2 Å². The van der Waals surface area contributed by atoms with Crippen LogP contribution in [-0.2, 0) is 9.53 Å². The third-order valence-electron chi connectivity index (χ3n) is 3.47. The molecule has 0 aliphatic heterocycles. The summed E-state index contributed by atoms with van der Waals surface area (Å²) < 4.78 is 5.12. The van der Waals surface area contributed by atoms with E-state index in [1.807, 2.05) is 37.3 Å². The summed E-state index contributed by atoms with van der Waals surface area (Å²) in [6, 6.07) is 9.73. The first kappa shape index (κ1) is 18.1. The predicted octanol–water partition coefficient (Wildman–Crippen LogP) is 3.58. The Labute approximate surface area is 146 Å². The van der Waals surface area contributed by atoms with Crippen LogP contribution in [0.2, 0.25) is 0 Å². The Balaban J connectivity index is 1.96. The smallest absolute Gasteiger partial charge is 0.350 e. The van der Waals surface area contributed by atoms with E-state index in [1.54, 1.807) is 6.92 Å². The molecule has 1 aromatic carbocycles. The minimum atomic E-state index is -0.509. The molecule has 0 aliphatic rings. The molecule has 5 nitrogen and oxygen atoms in total. The first-order valence-corrected chi connectivity index (χ1v) is 8.82. The Kier molecular flexibility index (Phi) is 6.49. The number of amides is 1. The van der Waals surface area contributed by atoms with Gasteiger partial charge in [0, 0.05) is 11.6 Å². The molecule has 0 bridgehead atoms. The van der Waals surface area contributed by atoms with E-state index >= 15 is 0 Å². The lowest BCUT2D eigenvalue weighted by Gasteiger charge is -2.12. The summed E-state index contributed by atoms with van der Waals surface area (Å²) in [5.41, 5.74) is 1.57. The van der Waals surface area contributed by atoms with Gasteiger partial charge in [0.15, 0.2) is 6.61 Å². The topological polar surface area (TPSA) is 68.3 Å². The third-order valence-corrected chi connectivity index (χ3v) is 4.65. The number of rotatable bonds is 7. The van der Waals surface area contributed by atoms with E-state index in [1.165, 1.54) is 11.3 Å². The molecule has 1 N–H and O–H groups in total. The molecule has 0 aliphatic carbocycles. The van der Waals surface area contributed by atoms with E-state index in [0.29, 0.717) is 10.6 Å². The molecule has 6 heteroatoms. The van der Waals surface area contributed by atoms with Crippen molar-refractivity contribution < 1.29 is 14.3 Å². The van der Waals surface area contributed by atoms with Gasteiger partial charge in [0.1, 0.15) is 9.88 Å². The van der Waals surface area contributed by atoms with Gasteiger partial charge in [-0.2, -0.15) is 0 Å². The van der Waals surface area contributed by atoms with Gasteiger partial charge in [0.05, 0.1) is 5.69 Å². The Morgan fingerprint density at radius 1 is 1.29 bits per heavy atom. The van der Waals surface area contributed by atoms with Gasteiger partial charge >= 0.3 is 5.97 Å². The number of hydrogen-bond acceptors (Lipinski definition) is 5. The molecular formula is C18H22N2O3S. The minimum Gasteiger partial charge on any atom is -0.451 e. The van der Waals surface area contributed by atoms with Gasteiger partial charge in [0.25, 0.3) is 5.91 Å². The van der Waals surface area contributed by atoms with E-state index in [4.69, 9.17) is 4.74 Å². The molecule has 0 radical (unpaired) electrons. The van der Waals surface area contributed by atoms with Crippen molar-refractivity contribution in [2.45, 2.75) is 39.7 Å². The molecule has 1 amide bonds. The van der Waals surface area contributed by atoms with Gasteiger partial charge < -0.3 is 10.1 Å². The van der Waals surface area contributed by atoms with Gasteiger partial charge in [-0.05, 0) is 20.3 Å². The lowest BCUT2D eigenvalue weighted by atomic mass is 10.2. The van der Waals surface area contributed by atoms with Crippen molar-refractivity contribution in [3.05, 3.63) is 40.9 Å². The molecule has 1 heterocycles. The van der Waals surface area contributed by atoms with E-state index in [-0.39, 0.29) is 18.6 Å². The third kappa shape index (κ3) is 4.89. The molecule has 1 unspecified atom stereocenters. The zero-order chi connectivity index (χ0) is 17.5. The van der Waals surface area contributed by atoms with Crippen molar-refractivity contribution in [2.75, 3.05) is 6.61 Å². The summed E-state index contributed by atoms with van der Waals surface area (Å²) in [4.78, 5) is 28.8. The van der Waals surface area contributed by atoms with Crippen LogP contribution in [0.25, 0.3) is 10.6 Å². The molecule has 24 heavy (non-hydrogen) atoms. The molecule has 2 aromatic rings. The highest BCUT2D eigenvalue weighted by atomic mass is 32.1. The van der Waals surface area contributed by atoms with Crippen molar-refractivity contribution in [3.8, 4) is 10.6 Å². The number of carbonyl (C=O) groups is 2. The van der Waals surface area contributed by atoms with Gasteiger partial charge in [-0.15, -0.1) is 11.3 Å². The van der Waals surface area contributed by atoms with Gasteiger partial charge in [-0.1, -0.05) is 43.7 Å². The summed E-state index contributed by atoms with van der Waals surface area (Å²) >= 11 is 1.28. The zero-order valence-corrected chi connectivity index (χ0v) is 15.0. The first-order valence-electron chi connectivity index (χ1n) is 8.00. The molecule has 1 atom stereocenters. The number of aromatic nitrogens is 1. The number of hydrogen-bond donors (Lipinski definition) is 1. The van der Waals surface area contributed by atoms with Crippen LogP contribution in [0, 0.1) is 6.92 Å². The predicted molar refractivity (Wildman–Crippen MR) is 95.1 cm³/mol. The van der Waals surface area contributed by atoms with Crippen molar-refractivity contribution in [3.63, 3.8) is 0 Å². The van der Waals surface area contributed by atoms with Crippen LogP contribution < -0.4 is 5.32 Å². The number of benzene rings is 1. The highest BCUT2D eigenvalue weighted by molar-refractivity contribution is 7.17. The summed E-state index contributed by atoms with van der Waals surface area (Å²) in [6.07, 6.45) is 1.89. The minimum absolute atomic E-state index is 0.0797. The van der Waals surface area contributed by atoms with Gasteiger partial charge in [0.2, 0.25) is 0 Å². The fraction of sp³-hybridized carbons (Fsp3) is 0.389. The fourth-order valence-electron chi connectivity index (χ4n) is 2.31. The number of nitrogens with one attached hydrogen (secondary N) is 1. The maximum Gasteiger partial charge on any atom is 0.350 e. The van der Waals surface area contributed by atoms with Crippen LogP contribution in [0.5, 0.6) is 0 Å². The summed E-state index contributed by atoms with van der Waals surface area (Å²) in [6.45, 7) is 5.48. The van der Waals surface area contributed by atoms with Crippen LogP contribution >= 0.6 is 11.3 Å². The second kappa shape index (κ2) is 8.59. The number of esters is 1. The molecule has 0 saturated heterocycles. The quantitative estimate of drug-likeness (QED) is 0.778. The van der Waals surface area contributed by atoms with Crippen LogP contribution in [0.3, 0.4) is 0 Å². The van der Waals surface area contributed by atoms with E-state index in [0.717, 1.165) is 23.4 Å². The molecular weight excluding hydrogens is 324 g/mol. The molecule has 0 saturated carbocycles. The van der Waals surface area contributed by atoms with Crippen molar-refractivity contribution in [1.82, 2.24) is 10.3 Å². The average molecular weight is 346 g/mol. The number of thiazole rings is 1. The average Bonchev–Trinajstić information content (AvgIpc) is 2.95. The second-order valence-electron chi connectivity index (χ2n) is 5.63. The summed E-state index contributed by atoms with van der Waals surface area (Å²) in [5, 5.41) is 3.57. The molecule has 2 rings (SSSR count). The lowest BCUT2D eigenvalue weighted by molar-refractivity contribution is -0.124. The van der Waals surface area contributed by atoms with Crippen LogP contribution in [0.1, 0.15) is 42.1 Å². The highest BCUT2D eigenvalue weighted by Crippen LogP contribution is 2.28. The van der Waals surface area contributed by atoms with Gasteiger partial charge in [-0.3, -0.25) is 4.79 Å². The number of ether oxygens (including phenoxy) is 1. The number of aryl methyl sites for hydroxylation is 1. The Bertz CT molecular complexity index is 698. The van der Waals surface area contributed by atoms with Crippen molar-refractivity contribution in [2.24, 2.45) is 0 Å².